The molecule has 2 nitrogen and oxygen atoms in total. The molecule has 0 aromatic rings. The lowest BCUT2D eigenvalue weighted by Gasteiger charge is -2.29. The zero-order chi connectivity index (χ0) is 10.4. The smallest absolute Gasteiger partial charge is 0.0580 e. The molecule has 1 aliphatic carbocycles. The van der Waals surface area contributed by atoms with Crippen LogP contribution >= 0.6 is 0 Å². The van der Waals surface area contributed by atoms with Gasteiger partial charge in [0.1, 0.15) is 0 Å². The first-order valence-electron chi connectivity index (χ1n) is 6.09. The van der Waals surface area contributed by atoms with Gasteiger partial charge >= 0.3 is 0 Å². The third-order valence-corrected chi connectivity index (χ3v) is 3.09. The van der Waals surface area contributed by atoms with Crippen molar-refractivity contribution < 1.29 is 9.84 Å². The summed E-state index contributed by atoms with van der Waals surface area (Å²) in [4.78, 5) is 0. The van der Waals surface area contributed by atoms with Crippen molar-refractivity contribution >= 4 is 0 Å². The lowest BCUT2D eigenvalue weighted by molar-refractivity contribution is -0.0520. The van der Waals surface area contributed by atoms with Gasteiger partial charge in [-0.3, -0.25) is 0 Å². The molecule has 0 amide bonds. The Labute approximate surface area is 87.7 Å². The fraction of sp³-hybridized carbons (Fsp3) is 1.00. The molecule has 0 aromatic carbocycles. The number of rotatable bonds is 5. The van der Waals surface area contributed by atoms with Crippen molar-refractivity contribution in [2.45, 2.75) is 77.1 Å². The lowest BCUT2D eigenvalue weighted by atomic mass is 9.95. The van der Waals surface area contributed by atoms with Crippen LogP contribution in [0.4, 0.5) is 0 Å². The molecule has 1 saturated carbocycles. The molecule has 84 valence electrons. The third-order valence-electron chi connectivity index (χ3n) is 3.09. The highest BCUT2D eigenvalue weighted by atomic mass is 16.5. The van der Waals surface area contributed by atoms with Crippen LogP contribution in [-0.4, -0.2) is 23.4 Å². The number of aliphatic hydroxyl groups excluding tert-OH is 1. The van der Waals surface area contributed by atoms with E-state index in [1.807, 2.05) is 0 Å². The van der Waals surface area contributed by atoms with Crippen LogP contribution in [0.5, 0.6) is 0 Å². The van der Waals surface area contributed by atoms with Crippen LogP contribution in [-0.2, 0) is 4.74 Å². The van der Waals surface area contributed by atoms with Gasteiger partial charge in [-0.15, -0.1) is 0 Å². The van der Waals surface area contributed by atoms with Crippen molar-refractivity contribution in [1.82, 2.24) is 0 Å². The molecule has 1 unspecified atom stereocenters. The number of hydrogen-bond donors (Lipinski definition) is 1. The molecular weight excluding hydrogens is 176 g/mol. The van der Waals surface area contributed by atoms with Gasteiger partial charge in [-0.25, -0.2) is 0 Å². The first-order chi connectivity index (χ1) is 6.76. The predicted molar refractivity (Wildman–Crippen MR) is 58.3 cm³/mol. The Balaban J connectivity index is 2.21. The van der Waals surface area contributed by atoms with Gasteiger partial charge in [0.05, 0.1) is 18.3 Å². The molecule has 0 radical (unpaired) electrons. The monoisotopic (exact) mass is 200 g/mol. The summed E-state index contributed by atoms with van der Waals surface area (Å²) in [6.07, 6.45) is 8.22. The molecule has 14 heavy (non-hydrogen) atoms. The highest BCUT2D eigenvalue weighted by molar-refractivity contribution is 4.73. The van der Waals surface area contributed by atoms with Gasteiger partial charge in [-0.1, -0.05) is 20.3 Å². The molecule has 0 saturated heterocycles. The predicted octanol–water partition coefficient (Wildman–Crippen LogP) is 2.89. The molecule has 0 aromatic heterocycles. The van der Waals surface area contributed by atoms with E-state index in [1.165, 1.54) is 12.8 Å². The van der Waals surface area contributed by atoms with Gasteiger partial charge in [0.15, 0.2) is 0 Å². The second kappa shape index (κ2) is 6.41. The maximum absolute atomic E-state index is 9.37. The van der Waals surface area contributed by atoms with Crippen molar-refractivity contribution in [3.8, 4) is 0 Å². The Morgan fingerprint density at radius 3 is 2.36 bits per heavy atom. The zero-order valence-corrected chi connectivity index (χ0v) is 9.54. The minimum absolute atomic E-state index is 0.0684. The van der Waals surface area contributed by atoms with E-state index in [1.54, 1.807) is 0 Å². The highest BCUT2D eigenvalue weighted by Gasteiger charge is 2.21. The van der Waals surface area contributed by atoms with Crippen molar-refractivity contribution in [2.24, 2.45) is 0 Å². The first-order valence-corrected chi connectivity index (χ1v) is 6.09. The minimum atomic E-state index is -0.0684. The van der Waals surface area contributed by atoms with Crippen LogP contribution in [0, 0.1) is 0 Å². The van der Waals surface area contributed by atoms with Crippen LogP contribution < -0.4 is 0 Å². The van der Waals surface area contributed by atoms with E-state index >= 15 is 0 Å². The van der Waals surface area contributed by atoms with E-state index in [0.717, 1.165) is 32.1 Å². The Morgan fingerprint density at radius 2 is 1.86 bits per heavy atom. The van der Waals surface area contributed by atoms with Crippen molar-refractivity contribution in [3.05, 3.63) is 0 Å². The molecule has 2 heteroatoms. The van der Waals surface area contributed by atoms with Gasteiger partial charge in [0, 0.05) is 0 Å². The van der Waals surface area contributed by atoms with E-state index in [2.05, 4.69) is 13.8 Å². The van der Waals surface area contributed by atoms with Crippen LogP contribution in [0.25, 0.3) is 0 Å². The van der Waals surface area contributed by atoms with Crippen LogP contribution in [0.1, 0.15) is 58.8 Å². The zero-order valence-electron chi connectivity index (χ0n) is 9.54. The second-order valence-electron chi connectivity index (χ2n) is 4.39. The summed E-state index contributed by atoms with van der Waals surface area (Å²) < 4.78 is 6.02. The molecule has 0 heterocycles. The summed E-state index contributed by atoms with van der Waals surface area (Å²) in [6, 6.07) is 0. The average molecular weight is 200 g/mol. The fourth-order valence-corrected chi connectivity index (χ4v) is 2.14. The lowest BCUT2D eigenvalue weighted by Crippen LogP contribution is -2.28. The van der Waals surface area contributed by atoms with Gasteiger partial charge < -0.3 is 9.84 Å². The van der Waals surface area contributed by atoms with E-state index in [9.17, 15) is 5.11 Å². The molecular formula is C12H24O2. The Hall–Kier alpha value is -0.0800. The molecule has 1 rings (SSSR count). The summed E-state index contributed by atoms with van der Waals surface area (Å²) in [5, 5.41) is 9.37. The molecule has 0 aliphatic heterocycles. The molecule has 1 N–H and O–H groups in total. The van der Waals surface area contributed by atoms with Crippen LogP contribution in [0.2, 0.25) is 0 Å². The van der Waals surface area contributed by atoms with Gasteiger partial charge in [-0.2, -0.15) is 0 Å². The molecule has 0 spiro atoms. The molecule has 1 aliphatic rings. The quantitative estimate of drug-likeness (QED) is 0.739. The summed E-state index contributed by atoms with van der Waals surface area (Å²) in [7, 11) is 0. The standard InChI is InChI=1S/C12H24O2/c1-3-5-11(4-2)14-12-8-6-10(13)7-9-12/h10-13H,3-9H2,1-2H3. The van der Waals surface area contributed by atoms with Crippen LogP contribution in [0.15, 0.2) is 0 Å². The highest BCUT2D eigenvalue weighted by Crippen LogP contribution is 2.23. The average Bonchev–Trinajstić information content (AvgIpc) is 2.20. The third kappa shape index (κ3) is 3.97. The van der Waals surface area contributed by atoms with E-state index in [4.69, 9.17) is 4.74 Å². The van der Waals surface area contributed by atoms with Gasteiger partial charge in [0.2, 0.25) is 0 Å². The topological polar surface area (TPSA) is 29.5 Å². The SMILES string of the molecule is CCCC(CC)OC1CCC(O)CC1. The van der Waals surface area contributed by atoms with Crippen LogP contribution in [0.3, 0.4) is 0 Å². The summed E-state index contributed by atoms with van der Waals surface area (Å²) in [6.45, 7) is 4.40. The first kappa shape index (κ1) is 12.0. The molecule has 1 fully saturated rings. The van der Waals surface area contributed by atoms with E-state index in [-0.39, 0.29) is 6.10 Å². The molecule has 0 bridgehead atoms. The van der Waals surface area contributed by atoms with Crippen molar-refractivity contribution in [3.63, 3.8) is 0 Å². The van der Waals surface area contributed by atoms with Crippen molar-refractivity contribution in [2.75, 3.05) is 0 Å². The van der Waals surface area contributed by atoms with E-state index in [0.29, 0.717) is 12.2 Å². The molecule has 1 atom stereocenters. The van der Waals surface area contributed by atoms with E-state index < -0.39 is 0 Å². The fourth-order valence-electron chi connectivity index (χ4n) is 2.14. The normalized spacial score (nSPS) is 30.2. The number of ether oxygens (including phenoxy) is 1. The summed E-state index contributed by atoms with van der Waals surface area (Å²) in [5.41, 5.74) is 0. The van der Waals surface area contributed by atoms with Gasteiger partial charge in [-0.05, 0) is 38.5 Å². The van der Waals surface area contributed by atoms with Gasteiger partial charge in [0.25, 0.3) is 0 Å². The largest absolute Gasteiger partial charge is 0.393 e. The van der Waals surface area contributed by atoms with Crippen molar-refractivity contribution in [1.29, 1.82) is 0 Å². The summed E-state index contributed by atoms with van der Waals surface area (Å²) in [5.74, 6) is 0. The second-order valence-corrected chi connectivity index (χ2v) is 4.39. The Bertz CT molecular complexity index is 139. The Kier molecular flexibility index (Phi) is 5.49. The Morgan fingerprint density at radius 1 is 1.21 bits per heavy atom. The maximum Gasteiger partial charge on any atom is 0.0580 e. The maximum atomic E-state index is 9.37. The minimum Gasteiger partial charge on any atom is -0.393 e. The summed E-state index contributed by atoms with van der Waals surface area (Å²) >= 11 is 0. The number of aliphatic hydroxyl groups is 1. The number of hydrogen-bond acceptors (Lipinski definition) is 2.